The van der Waals surface area contributed by atoms with Crippen LogP contribution in [0.1, 0.15) is 57.1 Å². The molecule has 0 spiro atoms. The molecule has 1 saturated heterocycles. The largest absolute Gasteiger partial charge is 0.368 e. The summed E-state index contributed by atoms with van der Waals surface area (Å²) in [6.45, 7) is 3.29. The zero-order chi connectivity index (χ0) is 14.1. The van der Waals surface area contributed by atoms with Crippen molar-refractivity contribution in [2.75, 3.05) is 11.4 Å². The molecule has 0 aromatic heterocycles. The molecule has 3 rings (SSSR count). The molecule has 1 aliphatic heterocycles. The third kappa shape index (κ3) is 2.75. The van der Waals surface area contributed by atoms with Crippen LogP contribution in [0.5, 0.6) is 0 Å². The lowest BCUT2D eigenvalue weighted by Gasteiger charge is -2.33. The lowest BCUT2D eigenvalue weighted by atomic mass is 9.95. The van der Waals surface area contributed by atoms with Crippen LogP contribution in [0.2, 0.25) is 0 Å². The maximum atomic E-state index is 6.20. The number of anilines is 1. The smallest absolute Gasteiger partial charge is 0.0417 e. The number of rotatable bonds is 3. The molecule has 0 radical (unpaired) electrons. The molecule has 2 fully saturated rings. The second kappa shape index (κ2) is 6.07. The van der Waals surface area contributed by atoms with Crippen molar-refractivity contribution in [3.63, 3.8) is 0 Å². The van der Waals surface area contributed by atoms with Gasteiger partial charge in [-0.1, -0.05) is 28.8 Å². The molecule has 0 bridgehead atoms. The molecule has 2 N–H and O–H groups in total. The van der Waals surface area contributed by atoms with Crippen molar-refractivity contribution >= 4 is 21.6 Å². The summed E-state index contributed by atoms with van der Waals surface area (Å²) in [5, 5.41) is 0. The molecule has 2 atom stereocenters. The van der Waals surface area contributed by atoms with Gasteiger partial charge >= 0.3 is 0 Å². The highest BCUT2D eigenvalue weighted by atomic mass is 79.9. The number of hydrogen-bond donors (Lipinski definition) is 1. The van der Waals surface area contributed by atoms with Crippen molar-refractivity contribution < 1.29 is 0 Å². The second-order valence-corrected chi connectivity index (χ2v) is 7.35. The van der Waals surface area contributed by atoms with E-state index in [4.69, 9.17) is 5.73 Å². The normalized spacial score (nSPS) is 25.4. The van der Waals surface area contributed by atoms with Crippen molar-refractivity contribution in [2.24, 2.45) is 11.7 Å². The minimum absolute atomic E-state index is 0.0901. The van der Waals surface area contributed by atoms with Crippen LogP contribution >= 0.6 is 15.9 Å². The van der Waals surface area contributed by atoms with Crippen molar-refractivity contribution in [1.82, 2.24) is 0 Å². The number of nitrogens with two attached hydrogens (primary N) is 1. The summed E-state index contributed by atoms with van der Waals surface area (Å²) in [5.41, 5.74) is 8.86. The third-order valence-corrected chi connectivity index (χ3v) is 5.53. The molecular formula is C17H25BrN2. The summed E-state index contributed by atoms with van der Waals surface area (Å²) in [6.07, 6.45) is 8.39. The Morgan fingerprint density at radius 1 is 1.20 bits per heavy atom. The van der Waals surface area contributed by atoms with Crippen LogP contribution in [0, 0.1) is 5.92 Å². The first-order valence-corrected chi connectivity index (χ1v) is 8.78. The van der Waals surface area contributed by atoms with E-state index in [1.165, 1.54) is 56.3 Å². The van der Waals surface area contributed by atoms with E-state index in [0.717, 1.165) is 16.4 Å². The van der Waals surface area contributed by atoms with Crippen LogP contribution in [0.3, 0.4) is 0 Å². The quantitative estimate of drug-likeness (QED) is 0.871. The molecule has 1 aromatic rings. The van der Waals surface area contributed by atoms with Crippen LogP contribution < -0.4 is 10.6 Å². The Morgan fingerprint density at radius 2 is 1.95 bits per heavy atom. The molecule has 1 aliphatic carbocycles. The van der Waals surface area contributed by atoms with Gasteiger partial charge in [-0.25, -0.2) is 0 Å². The third-order valence-electron chi connectivity index (χ3n) is 5.03. The molecular weight excluding hydrogens is 312 g/mol. The van der Waals surface area contributed by atoms with Gasteiger partial charge < -0.3 is 10.6 Å². The maximum Gasteiger partial charge on any atom is 0.0417 e. The van der Waals surface area contributed by atoms with Crippen LogP contribution in [0.15, 0.2) is 22.7 Å². The van der Waals surface area contributed by atoms with E-state index in [1.54, 1.807) is 0 Å². The highest BCUT2D eigenvalue weighted by Gasteiger charge is 2.34. The Kier molecular flexibility index (Phi) is 4.37. The van der Waals surface area contributed by atoms with Crippen LogP contribution in [0.4, 0.5) is 5.69 Å². The monoisotopic (exact) mass is 336 g/mol. The van der Waals surface area contributed by atoms with Crippen molar-refractivity contribution in [3.8, 4) is 0 Å². The fourth-order valence-electron chi connectivity index (χ4n) is 4.08. The first-order chi connectivity index (χ1) is 9.66. The lowest BCUT2D eigenvalue weighted by molar-refractivity contribution is 0.430. The average Bonchev–Trinajstić information content (AvgIpc) is 3.09. The van der Waals surface area contributed by atoms with Crippen molar-refractivity contribution in [2.45, 2.75) is 57.5 Å². The number of benzene rings is 1. The van der Waals surface area contributed by atoms with E-state index in [9.17, 15) is 0 Å². The maximum absolute atomic E-state index is 6.20. The Morgan fingerprint density at radius 3 is 2.65 bits per heavy atom. The summed E-state index contributed by atoms with van der Waals surface area (Å²) >= 11 is 3.58. The van der Waals surface area contributed by atoms with Crippen LogP contribution in [-0.2, 0) is 0 Å². The van der Waals surface area contributed by atoms with Gasteiger partial charge in [0.05, 0.1) is 0 Å². The molecule has 2 nitrogen and oxygen atoms in total. The minimum Gasteiger partial charge on any atom is -0.368 e. The Bertz CT molecular complexity index is 466. The molecule has 3 heteroatoms. The average molecular weight is 337 g/mol. The van der Waals surface area contributed by atoms with E-state index >= 15 is 0 Å². The molecule has 110 valence electrons. The second-order valence-electron chi connectivity index (χ2n) is 6.44. The topological polar surface area (TPSA) is 29.3 Å². The van der Waals surface area contributed by atoms with Crippen molar-refractivity contribution in [1.29, 1.82) is 0 Å². The Labute approximate surface area is 130 Å². The van der Waals surface area contributed by atoms with Gasteiger partial charge in [0.1, 0.15) is 0 Å². The first-order valence-electron chi connectivity index (χ1n) is 7.98. The Hall–Kier alpha value is -0.540. The van der Waals surface area contributed by atoms with Gasteiger partial charge in [0.2, 0.25) is 0 Å². The first kappa shape index (κ1) is 14.4. The predicted octanol–water partition coefficient (Wildman–Crippen LogP) is 4.63. The van der Waals surface area contributed by atoms with E-state index in [1.807, 2.05) is 0 Å². The summed E-state index contributed by atoms with van der Waals surface area (Å²) in [6, 6.07) is 7.45. The number of halogens is 1. The van der Waals surface area contributed by atoms with E-state index in [0.29, 0.717) is 0 Å². The van der Waals surface area contributed by atoms with E-state index in [-0.39, 0.29) is 6.04 Å². The number of nitrogens with zero attached hydrogens (tertiary/aromatic N) is 1. The Balaban J connectivity index is 1.90. The zero-order valence-electron chi connectivity index (χ0n) is 12.3. The van der Waals surface area contributed by atoms with E-state index < -0.39 is 0 Å². The molecule has 0 amide bonds. The zero-order valence-corrected chi connectivity index (χ0v) is 13.9. The SMILES string of the molecule is CC(N)c1cc(Br)ccc1N1CCCC1C1CCCC1. The fourth-order valence-corrected chi connectivity index (χ4v) is 4.45. The standard InChI is InChI=1S/C17H25BrN2/c1-12(19)15-11-14(18)8-9-17(15)20-10-4-7-16(20)13-5-2-3-6-13/h8-9,11-13,16H,2-7,10,19H2,1H3. The lowest BCUT2D eigenvalue weighted by Crippen LogP contribution is -2.35. The van der Waals surface area contributed by atoms with Crippen LogP contribution in [0.25, 0.3) is 0 Å². The van der Waals surface area contributed by atoms with Gasteiger partial charge in [-0.2, -0.15) is 0 Å². The van der Waals surface area contributed by atoms with Gasteiger partial charge in [0, 0.05) is 28.8 Å². The fraction of sp³-hybridized carbons (Fsp3) is 0.647. The van der Waals surface area contributed by atoms with E-state index in [2.05, 4.69) is 46.0 Å². The number of hydrogen-bond acceptors (Lipinski definition) is 2. The van der Waals surface area contributed by atoms with Crippen LogP contribution in [-0.4, -0.2) is 12.6 Å². The minimum atomic E-state index is 0.0901. The highest BCUT2D eigenvalue weighted by molar-refractivity contribution is 9.10. The van der Waals surface area contributed by atoms with Gasteiger partial charge in [-0.15, -0.1) is 0 Å². The summed E-state index contributed by atoms with van der Waals surface area (Å²) < 4.78 is 1.13. The summed E-state index contributed by atoms with van der Waals surface area (Å²) in [4.78, 5) is 2.65. The highest BCUT2D eigenvalue weighted by Crippen LogP contribution is 2.40. The summed E-state index contributed by atoms with van der Waals surface area (Å²) in [5.74, 6) is 0.905. The molecule has 1 saturated carbocycles. The molecule has 2 aliphatic rings. The summed E-state index contributed by atoms with van der Waals surface area (Å²) in [7, 11) is 0. The van der Waals surface area contributed by atoms with Gasteiger partial charge in [-0.05, 0) is 62.3 Å². The van der Waals surface area contributed by atoms with Gasteiger partial charge in [0.15, 0.2) is 0 Å². The van der Waals surface area contributed by atoms with Gasteiger partial charge in [-0.3, -0.25) is 0 Å². The molecule has 1 heterocycles. The molecule has 20 heavy (non-hydrogen) atoms. The van der Waals surface area contributed by atoms with Gasteiger partial charge in [0.25, 0.3) is 0 Å². The van der Waals surface area contributed by atoms with Crippen molar-refractivity contribution in [3.05, 3.63) is 28.2 Å². The molecule has 2 unspecified atom stereocenters. The predicted molar refractivity (Wildman–Crippen MR) is 89.1 cm³/mol. The molecule has 1 aromatic carbocycles.